The summed E-state index contributed by atoms with van der Waals surface area (Å²) in [6, 6.07) is 4.08. The number of hydrogen-bond donors (Lipinski definition) is 1. The Hall–Kier alpha value is -1.62. The van der Waals surface area contributed by atoms with Crippen LogP contribution < -0.4 is 5.32 Å². The number of unbranched alkanes of at least 4 members (excludes halogenated alkanes) is 6. The molecule has 1 aromatic carbocycles. The van der Waals surface area contributed by atoms with Crippen LogP contribution in [0, 0.1) is 10.1 Å². The van der Waals surface area contributed by atoms with Gasteiger partial charge >= 0.3 is 0 Å². The van der Waals surface area contributed by atoms with Crippen LogP contribution in [-0.2, 0) is 0 Å². The van der Waals surface area contributed by atoms with Gasteiger partial charge in [-0.2, -0.15) is 0 Å². The van der Waals surface area contributed by atoms with Gasteiger partial charge < -0.3 is 5.32 Å². The summed E-state index contributed by atoms with van der Waals surface area (Å²) in [5.41, 5.74) is 0.0179. The molecule has 1 rings (SSSR count). The second-order valence-electron chi connectivity index (χ2n) is 5.30. The highest BCUT2D eigenvalue weighted by Gasteiger charge is 2.15. The van der Waals surface area contributed by atoms with Crippen LogP contribution >= 0.6 is 11.6 Å². The van der Waals surface area contributed by atoms with E-state index in [9.17, 15) is 14.9 Å². The van der Waals surface area contributed by atoms with Crippen LogP contribution in [0.3, 0.4) is 0 Å². The Morgan fingerprint density at radius 2 is 1.82 bits per heavy atom. The molecule has 1 N–H and O–H groups in total. The van der Waals surface area contributed by atoms with Gasteiger partial charge in [-0.25, -0.2) is 0 Å². The fraction of sp³-hybridized carbons (Fsp3) is 0.562. The van der Waals surface area contributed by atoms with Crippen molar-refractivity contribution in [1.82, 2.24) is 5.32 Å². The maximum Gasteiger partial charge on any atom is 0.288 e. The average Bonchev–Trinajstić information content (AvgIpc) is 2.49. The number of carbonyl (C=O) groups is 1. The molecule has 0 radical (unpaired) electrons. The summed E-state index contributed by atoms with van der Waals surface area (Å²) in [4.78, 5) is 22.1. The summed E-state index contributed by atoms with van der Waals surface area (Å²) in [5, 5.41) is 13.6. The van der Waals surface area contributed by atoms with Crippen molar-refractivity contribution in [1.29, 1.82) is 0 Å². The fourth-order valence-corrected chi connectivity index (χ4v) is 2.37. The molecule has 5 nitrogen and oxygen atoms in total. The van der Waals surface area contributed by atoms with Gasteiger partial charge in [0.2, 0.25) is 0 Å². The van der Waals surface area contributed by atoms with Crippen molar-refractivity contribution >= 4 is 23.2 Å². The third-order valence-electron chi connectivity index (χ3n) is 3.47. The van der Waals surface area contributed by atoms with Crippen molar-refractivity contribution in [2.24, 2.45) is 0 Å². The summed E-state index contributed by atoms with van der Waals surface area (Å²) in [5.74, 6) is -0.300. The van der Waals surface area contributed by atoms with Gasteiger partial charge in [0.05, 0.1) is 4.92 Å². The molecule has 1 aromatic rings. The van der Waals surface area contributed by atoms with E-state index in [-0.39, 0.29) is 22.2 Å². The molecular weight excluding hydrogens is 304 g/mol. The predicted molar refractivity (Wildman–Crippen MR) is 88.4 cm³/mol. The zero-order valence-corrected chi connectivity index (χ0v) is 13.7. The van der Waals surface area contributed by atoms with Crippen molar-refractivity contribution < 1.29 is 9.72 Å². The van der Waals surface area contributed by atoms with Crippen molar-refractivity contribution in [2.45, 2.75) is 51.9 Å². The minimum absolute atomic E-state index is 0.0358. The largest absolute Gasteiger partial charge is 0.352 e. The third kappa shape index (κ3) is 6.43. The van der Waals surface area contributed by atoms with Gasteiger partial charge in [-0.05, 0) is 18.6 Å². The molecule has 1 amide bonds. The van der Waals surface area contributed by atoms with Crippen LogP contribution in [0.1, 0.15) is 62.2 Å². The lowest BCUT2D eigenvalue weighted by atomic mass is 10.1. The number of benzene rings is 1. The number of amides is 1. The Balaban J connectivity index is 2.31. The number of carbonyl (C=O) groups excluding carboxylic acids is 1. The molecule has 0 saturated carbocycles. The number of rotatable bonds is 10. The molecule has 0 aliphatic rings. The number of hydrogen-bond acceptors (Lipinski definition) is 3. The predicted octanol–water partition coefficient (Wildman–Crippen LogP) is 4.73. The zero-order chi connectivity index (χ0) is 16.4. The molecule has 0 aliphatic heterocycles. The quantitative estimate of drug-likeness (QED) is 0.384. The SMILES string of the molecule is CCCCCCCCCNC(=O)c1ccc(Cl)c([N+](=O)[O-])c1. The lowest BCUT2D eigenvalue weighted by Crippen LogP contribution is -2.24. The lowest BCUT2D eigenvalue weighted by Gasteiger charge is -2.06. The van der Waals surface area contributed by atoms with E-state index in [0.29, 0.717) is 6.54 Å². The van der Waals surface area contributed by atoms with E-state index in [1.807, 2.05) is 0 Å². The highest BCUT2D eigenvalue weighted by atomic mass is 35.5. The second kappa shape index (κ2) is 10.2. The van der Waals surface area contributed by atoms with Crippen LogP contribution in [0.25, 0.3) is 0 Å². The molecule has 0 heterocycles. The normalized spacial score (nSPS) is 10.5. The van der Waals surface area contributed by atoms with Gasteiger partial charge in [0.1, 0.15) is 5.02 Å². The molecule has 0 saturated heterocycles. The summed E-state index contributed by atoms with van der Waals surface area (Å²) < 4.78 is 0. The molecule has 0 fully saturated rings. The first-order chi connectivity index (χ1) is 10.6. The van der Waals surface area contributed by atoms with E-state index in [4.69, 9.17) is 11.6 Å². The maximum absolute atomic E-state index is 11.9. The average molecular weight is 327 g/mol. The first-order valence-corrected chi connectivity index (χ1v) is 8.16. The minimum Gasteiger partial charge on any atom is -0.352 e. The number of nitro benzene ring substituents is 1. The Labute approximate surface area is 136 Å². The summed E-state index contributed by atoms with van der Waals surface area (Å²) in [6.07, 6.45) is 8.23. The Morgan fingerprint density at radius 1 is 1.18 bits per heavy atom. The summed E-state index contributed by atoms with van der Waals surface area (Å²) >= 11 is 5.72. The zero-order valence-electron chi connectivity index (χ0n) is 12.9. The van der Waals surface area contributed by atoms with E-state index in [1.54, 1.807) is 0 Å². The fourth-order valence-electron chi connectivity index (χ4n) is 2.18. The van der Waals surface area contributed by atoms with Gasteiger partial charge in [0.25, 0.3) is 11.6 Å². The van der Waals surface area contributed by atoms with Crippen molar-refractivity contribution in [3.63, 3.8) is 0 Å². The second-order valence-corrected chi connectivity index (χ2v) is 5.71. The molecule has 6 heteroatoms. The number of halogens is 1. The summed E-state index contributed by atoms with van der Waals surface area (Å²) in [7, 11) is 0. The maximum atomic E-state index is 11.9. The standard InChI is InChI=1S/C16H23ClN2O3/c1-2-3-4-5-6-7-8-11-18-16(20)13-9-10-14(17)15(12-13)19(21)22/h9-10,12H,2-8,11H2,1H3,(H,18,20). The molecule has 22 heavy (non-hydrogen) atoms. The van der Waals surface area contributed by atoms with Crippen molar-refractivity contribution in [3.05, 3.63) is 38.9 Å². The topological polar surface area (TPSA) is 72.2 Å². The van der Waals surface area contributed by atoms with Crippen LogP contribution in [0.15, 0.2) is 18.2 Å². The first kappa shape index (κ1) is 18.4. The Morgan fingerprint density at radius 3 is 2.45 bits per heavy atom. The van der Waals surface area contributed by atoms with Crippen LogP contribution in [0.2, 0.25) is 5.02 Å². The van der Waals surface area contributed by atoms with E-state index < -0.39 is 4.92 Å². The summed E-state index contributed by atoms with van der Waals surface area (Å²) in [6.45, 7) is 2.78. The lowest BCUT2D eigenvalue weighted by molar-refractivity contribution is -0.384. The molecule has 0 unspecified atom stereocenters. The molecule has 0 aromatic heterocycles. The van der Waals surface area contributed by atoms with Crippen LogP contribution in [0.4, 0.5) is 5.69 Å². The molecule has 122 valence electrons. The molecule has 0 aliphatic carbocycles. The highest BCUT2D eigenvalue weighted by Crippen LogP contribution is 2.24. The van der Waals surface area contributed by atoms with Gasteiger partial charge in [0.15, 0.2) is 0 Å². The molecule has 0 atom stereocenters. The van der Waals surface area contributed by atoms with Crippen molar-refractivity contribution in [3.8, 4) is 0 Å². The van der Waals surface area contributed by atoms with Crippen molar-refractivity contribution in [2.75, 3.05) is 6.54 Å². The Bertz CT molecular complexity index is 506. The Kier molecular flexibility index (Phi) is 8.51. The minimum atomic E-state index is -0.588. The van der Waals surface area contributed by atoms with E-state index in [1.165, 1.54) is 50.3 Å². The van der Waals surface area contributed by atoms with Gasteiger partial charge in [-0.3, -0.25) is 14.9 Å². The van der Waals surface area contributed by atoms with Gasteiger partial charge in [-0.1, -0.05) is 57.0 Å². The van der Waals surface area contributed by atoms with Gasteiger partial charge in [0, 0.05) is 18.2 Å². The van der Waals surface area contributed by atoms with Crippen LogP contribution in [0.5, 0.6) is 0 Å². The third-order valence-corrected chi connectivity index (χ3v) is 3.79. The number of nitrogens with one attached hydrogen (secondary N) is 1. The molecule has 0 bridgehead atoms. The molecule has 0 spiro atoms. The highest BCUT2D eigenvalue weighted by molar-refractivity contribution is 6.32. The van der Waals surface area contributed by atoms with E-state index in [2.05, 4.69) is 12.2 Å². The number of nitrogens with zero attached hydrogens (tertiary/aromatic N) is 1. The monoisotopic (exact) mass is 326 g/mol. The number of nitro groups is 1. The molecular formula is C16H23ClN2O3. The smallest absolute Gasteiger partial charge is 0.288 e. The van der Waals surface area contributed by atoms with Gasteiger partial charge in [-0.15, -0.1) is 0 Å². The first-order valence-electron chi connectivity index (χ1n) is 7.78. The van der Waals surface area contributed by atoms with E-state index >= 15 is 0 Å². The van der Waals surface area contributed by atoms with E-state index in [0.717, 1.165) is 12.8 Å². The van der Waals surface area contributed by atoms with Crippen LogP contribution in [-0.4, -0.2) is 17.4 Å².